The number of hydrogen-bond donors (Lipinski definition) is 1. The van der Waals surface area contributed by atoms with E-state index < -0.39 is 0 Å². The lowest BCUT2D eigenvalue weighted by molar-refractivity contribution is 0.0690. The Balaban J connectivity index is 2.93. The Kier molecular flexibility index (Phi) is 6.12. The van der Waals surface area contributed by atoms with E-state index in [9.17, 15) is 4.79 Å². The van der Waals surface area contributed by atoms with E-state index in [1.165, 1.54) is 11.3 Å². The molecule has 0 atom stereocenters. The number of amides is 1. The Labute approximate surface area is 128 Å². The summed E-state index contributed by atoms with van der Waals surface area (Å²) in [4.78, 5) is 14.3. The van der Waals surface area contributed by atoms with Crippen molar-refractivity contribution in [1.29, 1.82) is 0 Å². The van der Waals surface area contributed by atoms with E-state index in [4.69, 9.17) is 28.9 Å². The fourth-order valence-corrected chi connectivity index (χ4v) is 3.21. The molecule has 108 valence electrons. The van der Waals surface area contributed by atoms with Crippen LogP contribution in [0.1, 0.15) is 37.6 Å². The van der Waals surface area contributed by atoms with Gasteiger partial charge >= 0.3 is 0 Å². The van der Waals surface area contributed by atoms with Crippen LogP contribution < -0.4 is 5.73 Å². The summed E-state index contributed by atoms with van der Waals surface area (Å²) in [5.41, 5.74) is 6.11. The third kappa shape index (κ3) is 4.63. The maximum absolute atomic E-state index is 12.5. The van der Waals surface area contributed by atoms with Gasteiger partial charge in [0.15, 0.2) is 0 Å². The molecule has 1 heterocycles. The number of rotatable bonds is 6. The fourth-order valence-electron chi connectivity index (χ4n) is 1.76. The van der Waals surface area contributed by atoms with Gasteiger partial charge in [0.1, 0.15) is 4.34 Å². The van der Waals surface area contributed by atoms with Crippen molar-refractivity contribution in [2.45, 2.75) is 27.2 Å². The molecule has 0 saturated heterocycles. The largest absolute Gasteiger partial charge is 0.338 e. The van der Waals surface area contributed by atoms with Crippen molar-refractivity contribution < 1.29 is 4.79 Å². The van der Waals surface area contributed by atoms with E-state index in [-0.39, 0.29) is 11.3 Å². The highest BCUT2D eigenvalue weighted by atomic mass is 35.5. The number of hydrogen-bond acceptors (Lipinski definition) is 3. The lowest BCUT2D eigenvalue weighted by atomic mass is 9.93. The van der Waals surface area contributed by atoms with Crippen molar-refractivity contribution in [3.63, 3.8) is 0 Å². The van der Waals surface area contributed by atoms with Crippen LogP contribution in [0.4, 0.5) is 0 Å². The van der Waals surface area contributed by atoms with Gasteiger partial charge in [-0.2, -0.15) is 0 Å². The molecule has 0 bridgehead atoms. The van der Waals surface area contributed by atoms with Crippen molar-refractivity contribution in [3.8, 4) is 0 Å². The van der Waals surface area contributed by atoms with Crippen molar-refractivity contribution in [2.75, 3.05) is 19.6 Å². The minimum Gasteiger partial charge on any atom is -0.338 e. The summed E-state index contributed by atoms with van der Waals surface area (Å²) in [5.74, 6) is -0.0727. The SMILES string of the molecule is CCCN(CC(C)(C)CN)C(=O)c1cc(Cl)sc1Cl. The second-order valence-electron chi connectivity index (χ2n) is 5.33. The summed E-state index contributed by atoms with van der Waals surface area (Å²) >= 11 is 13.2. The predicted molar refractivity (Wildman–Crippen MR) is 83.4 cm³/mol. The molecule has 1 amide bonds. The van der Waals surface area contributed by atoms with Gasteiger partial charge < -0.3 is 10.6 Å². The number of thiophene rings is 1. The first-order valence-corrected chi connectivity index (χ1v) is 7.82. The minimum absolute atomic E-state index is 0.0727. The van der Waals surface area contributed by atoms with Crippen LogP contribution in [-0.4, -0.2) is 30.4 Å². The molecular formula is C13H20Cl2N2OS. The van der Waals surface area contributed by atoms with Gasteiger partial charge in [-0.3, -0.25) is 4.79 Å². The standard InChI is InChI=1S/C13H20Cl2N2OS/c1-4-5-17(8-13(2,3)7-16)12(18)9-6-10(14)19-11(9)15/h6H,4-5,7-8,16H2,1-3H3. The molecule has 0 aromatic carbocycles. The molecule has 0 spiro atoms. The number of carbonyl (C=O) groups excluding carboxylic acids is 1. The van der Waals surface area contributed by atoms with Crippen LogP contribution in [0.25, 0.3) is 0 Å². The van der Waals surface area contributed by atoms with Gasteiger partial charge in [0.05, 0.1) is 9.90 Å². The Morgan fingerprint density at radius 1 is 1.47 bits per heavy atom. The van der Waals surface area contributed by atoms with Crippen molar-refractivity contribution >= 4 is 40.4 Å². The van der Waals surface area contributed by atoms with E-state index in [2.05, 4.69) is 0 Å². The van der Waals surface area contributed by atoms with Gasteiger partial charge in [0.25, 0.3) is 5.91 Å². The first kappa shape index (κ1) is 16.8. The Bertz CT molecular complexity index is 446. The molecule has 0 aliphatic carbocycles. The quantitative estimate of drug-likeness (QED) is 0.863. The van der Waals surface area contributed by atoms with Crippen LogP contribution in [-0.2, 0) is 0 Å². The molecule has 1 aromatic rings. The predicted octanol–water partition coefficient (Wildman–Crippen LogP) is 3.89. The molecule has 1 rings (SSSR count). The summed E-state index contributed by atoms with van der Waals surface area (Å²) < 4.78 is 0.976. The van der Waals surface area contributed by atoms with Gasteiger partial charge in [-0.15, -0.1) is 11.3 Å². The molecule has 1 aromatic heterocycles. The Hall–Kier alpha value is -0.290. The third-order valence-electron chi connectivity index (χ3n) is 2.84. The topological polar surface area (TPSA) is 46.3 Å². The van der Waals surface area contributed by atoms with Gasteiger partial charge in [0, 0.05) is 13.1 Å². The van der Waals surface area contributed by atoms with Crippen LogP contribution in [0.2, 0.25) is 8.67 Å². The third-order valence-corrected chi connectivity index (χ3v) is 4.33. The zero-order valence-corrected chi connectivity index (χ0v) is 13.8. The van der Waals surface area contributed by atoms with E-state index in [1.54, 1.807) is 11.0 Å². The molecule has 0 fully saturated rings. The van der Waals surface area contributed by atoms with E-state index in [0.717, 1.165) is 6.42 Å². The van der Waals surface area contributed by atoms with Gasteiger partial charge in [-0.05, 0) is 24.4 Å². The monoisotopic (exact) mass is 322 g/mol. The van der Waals surface area contributed by atoms with Gasteiger partial charge in [-0.1, -0.05) is 44.0 Å². The smallest absolute Gasteiger partial charge is 0.256 e. The van der Waals surface area contributed by atoms with Crippen LogP contribution in [0.15, 0.2) is 6.07 Å². The molecular weight excluding hydrogens is 303 g/mol. The summed E-state index contributed by atoms with van der Waals surface area (Å²) in [6.45, 7) is 7.96. The average molecular weight is 323 g/mol. The second-order valence-corrected chi connectivity index (χ2v) is 7.62. The van der Waals surface area contributed by atoms with Crippen molar-refractivity contribution in [3.05, 3.63) is 20.3 Å². The normalized spacial score (nSPS) is 11.7. The number of nitrogens with zero attached hydrogens (tertiary/aromatic N) is 1. The Morgan fingerprint density at radius 2 is 2.11 bits per heavy atom. The highest BCUT2D eigenvalue weighted by molar-refractivity contribution is 7.20. The van der Waals surface area contributed by atoms with Crippen molar-refractivity contribution in [1.82, 2.24) is 4.90 Å². The van der Waals surface area contributed by atoms with E-state index in [0.29, 0.717) is 33.9 Å². The first-order chi connectivity index (χ1) is 8.80. The summed E-state index contributed by atoms with van der Waals surface area (Å²) in [5, 5.41) is 0. The van der Waals surface area contributed by atoms with Crippen LogP contribution in [0.5, 0.6) is 0 Å². The van der Waals surface area contributed by atoms with Crippen LogP contribution in [0.3, 0.4) is 0 Å². The highest BCUT2D eigenvalue weighted by Crippen LogP contribution is 2.32. The average Bonchev–Trinajstić information content (AvgIpc) is 2.67. The molecule has 0 unspecified atom stereocenters. The zero-order valence-electron chi connectivity index (χ0n) is 11.5. The molecule has 0 aliphatic rings. The molecule has 2 N–H and O–H groups in total. The van der Waals surface area contributed by atoms with Gasteiger partial charge in [0.2, 0.25) is 0 Å². The minimum atomic E-state index is -0.114. The Morgan fingerprint density at radius 3 is 2.53 bits per heavy atom. The molecule has 19 heavy (non-hydrogen) atoms. The highest BCUT2D eigenvalue weighted by Gasteiger charge is 2.26. The number of halogens is 2. The number of carbonyl (C=O) groups is 1. The second kappa shape index (κ2) is 6.93. The molecule has 0 saturated carbocycles. The van der Waals surface area contributed by atoms with Crippen molar-refractivity contribution in [2.24, 2.45) is 11.1 Å². The summed E-state index contributed by atoms with van der Waals surface area (Å²) in [6.07, 6.45) is 0.891. The van der Waals surface area contributed by atoms with E-state index in [1.807, 2.05) is 20.8 Å². The number of nitrogens with two attached hydrogens (primary N) is 1. The zero-order chi connectivity index (χ0) is 14.6. The fraction of sp³-hybridized carbons (Fsp3) is 0.615. The maximum atomic E-state index is 12.5. The summed E-state index contributed by atoms with van der Waals surface area (Å²) in [6, 6.07) is 1.63. The lowest BCUT2D eigenvalue weighted by Gasteiger charge is -2.31. The van der Waals surface area contributed by atoms with Crippen LogP contribution in [0, 0.1) is 5.41 Å². The maximum Gasteiger partial charge on any atom is 0.256 e. The summed E-state index contributed by atoms with van der Waals surface area (Å²) in [7, 11) is 0. The molecule has 0 aliphatic heterocycles. The van der Waals surface area contributed by atoms with Crippen LogP contribution >= 0.6 is 34.5 Å². The molecule has 3 nitrogen and oxygen atoms in total. The lowest BCUT2D eigenvalue weighted by Crippen LogP contribution is -2.42. The van der Waals surface area contributed by atoms with E-state index >= 15 is 0 Å². The molecule has 0 radical (unpaired) electrons. The first-order valence-electron chi connectivity index (χ1n) is 6.25. The molecule has 6 heteroatoms. The van der Waals surface area contributed by atoms with Gasteiger partial charge in [-0.25, -0.2) is 0 Å².